The fraction of sp³-hybridized carbons (Fsp3) is 0.609. The molecule has 4 rings (SSSR count). The molecule has 2 aliphatic rings. The fourth-order valence-corrected chi connectivity index (χ4v) is 4.77. The molecular weight excluding hydrogens is 376 g/mol. The summed E-state index contributed by atoms with van der Waals surface area (Å²) in [6, 6.07) is 4.77. The van der Waals surface area contributed by atoms with Crippen molar-refractivity contribution in [3.05, 3.63) is 48.0 Å². The molecule has 7 nitrogen and oxygen atoms in total. The maximum atomic E-state index is 12.7. The van der Waals surface area contributed by atoms with Crippen LogP contribution in [0.15, 0.2) is 36.9 Å². The number of hydrogen-bond acceptors (Lipinski definition) is 5. The van der Waals surface area contributed by atoms with Gasteiger partial charge in [-0.1, -0.05) is 6.07 Å². The molecule has 0 bridgehead atoms. The van der Waals surface area contributed by atoms with Gasteiger partial charge in [-0.15, -0.1) is 0 Å². The predicted molar refractivity (Wildman–Crippen MR) is 117 cm³/mol. The van der Waals surface area contributed by atoms with Crippen LogP contribution < -0.4 is 5.32 Å². The number of nitrogens with zero attached hydrogens (tertiary/aromatic N) is 5. The van der Waals surface area contributed by atoms with E-state index in [1.54, 1.807) is 0 Å². The van der Waals surface area contributed by atoms with E-state index < -0.39 is 0 Å². The van der Waals surface area contributed by atoms with E-state index >= 15 is 0 Å². The Balaban J connectivity index is 1.19. The van der Waals surface area contributed by atoms with Crippen LogP contribution in [0.5, 0.6) is 0 Å². The lowest BCUT2D eigenvalue weighted by molar-refractivity contribution is -0.127. The summed E-state index contributed by atoms with van der Waals surface area (Å²) in [5.41, 5.74) is 2.44. The number of nitrogens with one attached hydrogen (secondary N) is 1. The Labute approximate surface area is 179 Å². The molecule has 2 aromatic rings. The van der Waals surface area contributed by atoms with Gasteiger partial charge in [0.05, 0.1) is 18.7 Å². The van der Waals surface area contributed by atoms with Crippen LogP contribution in [0.2, 0.25) is 0 Å². The van der Waals surface area contributed by atoms with Gasteiger partial charge < -0.3 is 5.32 Å². The first-order valence-corrected chi connectivity index (χ1v) is 11.3. The Morgan fingerprint density at radius 1 is 1.20 bits per heavy atom. The second-order valence-electron chi connectivity index (χ2n) is 8.77. The zero-order chi connectivity index (χ0) is 20.8. The van der Waals surface area contributed by atoms with Crippen molar-refractivity contribution in [3.63, 3.8) is 0 Å². The summed E-state index contributed by atoms with van der Waals surface area (Å²) in [5.74, 6) is 0.323. The SMILES string of the molecule is Cc1cnn(CCNC(=O)[C@H]2CCCN(C3CCN(Cc4cccnc4)CC3)C2)c1. The minimum atomic E-state index is 0.117. The molecule has 2 saturated heterocycles. The number of piperidine rings is 2. The number of aromatic nitrogens is 3. The Hall–Kier alpha value is -2.25. The highest BCUT2D eigenvalue weighted by Gasteiger charge is 2.31. The van der Waals surface area contributed by atoms with Crippen molar-refractivity contribution in [2.75, 3.05) is 32.7 Å². The third-order valence-corrected chi connectivity index (χ3v) is 6.43. The van der Waals surface area contributed by atoms with Gasteiger partial charge in [-0.3, -0.25) is 24.3 Å². The van der Waals surface area contributed by atoms with E-state index in [4.69, 9.17) is 0 Å². The van der Waals surface area contributed by atoms with Crippen molar-refractivity contribution >= 4 is 5.91 Å². The quantitative estimate of drug-likeness (QED) is 0.757. The van der Waals surface area contributed by atoms with Crippen LogP contribution in [-0.4, -0.2) is 69.2 Å². The Kier molecular flexibility index (Phi) is 7.12. The summed E-state index contributed by atoms with van der Waals surface area (Å²) in [6.07, 6.45) is 12.2. The molecule has 2 aromatic heterocycles. The lowest BCUT2D eigenvalue weighted by atomic mass is 9.93. The maximum absolute atomic E-state index is 12.7. The molecule has 0 aliphatic carbocycles. The largest absolute Gasteiger partial charge is 0.354 e. The maximum Gasteiger partial charge on any atom is 0.224 e. The molecular formula is C23H34N6O. The third kappa shape index (κ3) is 5.67. The molecule has 1 atom stereocenters. The summed E-state index contributed by atoms with van der Waals surface area (Å²) >= 11 is 0. The van der Waals surface area contributed by atoms with Crippen molar-refractivity contribution in [3.8, 4) is 0 Å². The van der Waals surface area contributed by atoms with Crippen LogP contribution in [0, 0.1) is 12.8 Å². The molecule has 0 saturated carbocycles. The number of pyridine rings is 1. The first-order valence-electron chi connectivity index (χ1n) is 11.3. The van der Waals surface area contributed by atoms with Gasteiger partial charge in [0.15, 0.2) is 0 Å². The summed E-state index contributed by atoms with van der Waals surface area (Å²) in [5, 5.41) is 7.41. The highest BCUT2D eigenvalue weighted by Crippen LogP contribution is 2.24. The number of likely N-dealkylation sites (tertiary alicyclic amines) is 2. The third-order valence-electron chi connectivity index (χ3n) is 6.43. The molecule has 162 valence electrons. The average Bonchev–Trinajstić information content (AvgIpc) is 3.20. The number of carbonyl (C=O) groups is 1. The summed E-state index contributed by atoms with van der Waals surface area (Å²) in [7, 11) is 0. The van der Waals surface area contributed by atoms with Gasteiger partial charge in [-0.25, -0.2) is 0 Å². The summed E-state index contributed by atoms with van der Waals surface area (Å²) < 4.78 is 1.89. The minimum absolute atomic E-state index is 0.117. The molecule has 0 spiro atoms. The van der Waals surface area contributed by atoms with Crippen molar-refractivity contribution in [1.29, 1.82) is 0 Å². The van der Waals surface area contributed by atoms with Crippen molar-refractivity contribution in [2.24, 2.45) is 5.92 Å². The second-order valence-corrected chi connectivity index (χ2v) is 8.77. The smallest absolute Gasteiger partial charge is 0.224 e. The number of rotatable bonds is 7. The standard InChI is InChI=1S/C23H34N6O/c1-19-14-26-29(16-19)13-9-25-23(30)21-5-3-10-28(18-21)22-6-11-27(12-7-22)17-20-4-2-8-24-15-20/h2,4,8,14-16,21-22H,3,5-7,9-13,17-18H2,1H3,(H,25,30)/t21-/m0/s1. The topological polar surface area (TPSA) is 66.3 Å². The lowest BCUT2D eigenvalue weighted by Gasteiger charge is -2.42. The molecule has 7 heteroatoms. The predicted octanol–water partition coefficient (Wildman–Crippen LogP) is 2.08. The molecule has 0 radical (unpaired) electrons. The van der Waals surface area contributed by atoms with Gasteiger partial charge in [-0.05, 0) is 69.4 Å². The van der Waals surface area contributed by atoms with E-state index in [1.165, 1.54) is 18.4 Å². The minimum Gasteiger partial charge on any atom is -0.354 e. The van der Waals surface area contributed by atoms with Gasteiger partial charge in [0, 0.05) is 44.3 Å². The van der Waals surface area contributed by atoms with E-state index in [9.17, 15) is 4.79 Å². The zero-order valence-corrected chi connectivity index (χ0v) is 18.0. The van der Waals surface area contributed by atoms with Crippen molar-refractivity contribution in [2.45, 2.75) is 51.7 Å². The Morgan fingerprint density at radius 3 is 2.80 bits per heavy atom. The van der Waals surface area contributed by atoms with Crippen molar-refractivity contribution in [1.82, 2.24) is 29.9 Å². The van der Waals surface area contributed by atoms with Crippen LogP contribution in [-0.2, 0) is 17.9 Å². The van der Waals surface area contributed by atoms with E-state index in [0.717, 1.165) is 57.7 Å². The van der Waals surface area contributed by atoms with Gasteiger partial charge in [0.2, 0.25) is 5.91 Å². The average molecular weight is 411 g/mol. The van der Waals surface area contributed by atoms with Crippen LogP contribution in [0.3, 0.4) is 0 Å². The first kappa shape index (κ1) is 21.0. The number of hydrogen-bond donors (Lipinski definition) is 1. The van der Waals surface area contributed by atoms with Crippen molar-refractivity contribution < 1.29 is 4.79 Å². The Bertz CT molecular complexity index is 799. The van der Waals surface area contributed by atoms with E-state index in [2.05, 4.69) is 31.3 Å². The van der Waals surface area contributed by atoms with Crippen LogP contribution in [0.1, 0.15) is 36.8 Å². The molecule has 4 heterocycles. The lowest BCUT2D eigenvalue weighted by Crippen LogP contribution is -2.50. The van der Waals surface area contributed by atoms with Crippen LogP contribution in [0.4, 0.5) is 0 Å². The monoisotopic (exact) mass is 410 g/mol. The number of aryl methyl sites for hydroxylation is 1. The fourth-order valence-electron chi connectivity index (χ4n) is 4.77. The first-order chi connectivity index (χ1) is 14.7. The normalized spacial score (nSPS) is 21.6. The molecule has 0 unspecified atom stereocenters. The molecule has 0 aromatic carbocycles. The molecule has 1 N–H and O–H groups in total. The second kappa shape index (κ2) is 10.2. The molecule has 1 amide bonds. The van der Waals surface area contributed by atoms with E-state index in [1.807, 2.05) is 42.5 Å². The van der Waals surface area contributed by atoms with Gasteiger partial charge >= 0.3 is 0 Å². The molecule has 2 aliphatic heterocycles. The van der Waals surface area contributed by atoms with Crippen LogP contribution >= 0.6 is 0 Å². The van der Waals surface area contributed by atoms with Gasteiger partial charge in [0.1, 0.15) is 0 Å². The molecule has 2 fully saturated rings. The summed E-state index contributed by atoms with van der Waals surface area (Å²) in [6.45, 7) is 8.66. The van der Waals surface area contributed by atoms with Gasteiger partial charge in [-0.2, -0.15) is 5.10 Å². The number of amides is 1. The highest BCUT2D eigenvalue weighted by atomic mass is 16.1. The summed E-state index contributed by atoms with van der Waals surface area (Å²) in [4.78, 5) is 22.0. The molecule has 30 heavy (non-hydrogen) atoms. The Morgan fingerprint density at radius 2 is 2.07 bits per heavy atom. The van der Waals surface area contributed by atoms with E-state index in [-0.39, 0.29) is 11.8 Å². The van der Waals surface area contributed by atoms with Crippen LogP contribution in [0.25, 0.3) is 0 Å². The zero-order valence-electron chi connectivity index (χ0n) is 18.0. The number of carbonyl (C=O) groups excluding carboxylic acids is 1. The van der Waals surface area contributed by atoms with Gasteiger partial charge in [0.25, 0.3) is 0 Å². The highest BCUT2D eigenvalue weighted by molar-refractivity contribution is 5.78. The van der Waals surface area contributed by atoms with E-state index in [0.29, 0.717) is 12.6 Å².